The third-order valence-corrected chi connectivity index (χ3v) is 4.95. The molecule has 5 nitrogen and oxygen atoms in total. The average Bonchev–Trinajstić information content (AvgIpc) is 2.59. The van der Waals surface area contributed by atoms with Gasteiger partial charge in [0.1, 0.15) is 0 Å². The SMILES string of the molecule is CCCCCCCCCCCCOC(=O)c1cccc(S(=O)(=O)O)c1. The van der Waals surface area contributed by atoms with Gasteiger partial charge in [-0.2, -0.15) is 8.42 Å². The molecule has 6 heteroatoms. The van der Waals surface area contributed by atoms with Gasteiger partial charge in [0.15, 0.2) is 0 Å². The minimum absolute atomic E-state index is 0.127. The molecule has 0 saturated heterocycles. The van der Waals surface area contributed by atoms with E-state index in [1.807, 2.05) is 0 Å². The first kappa shape index (κ1) is 21.6. The van der Waals surface area contributed by atoms with Crippen LogP contribution in [-0.4, -0.2) is 25.5 Å². The van der Waals surface area contributed by atoms with Crippen molar-refractivity contribution in [2.75, 3.05) is 6.61 Å². The summed E-state index contributed by atoms with van der Waals surface area (Å²) in [6.45, 7) is 2.55. The molecule has 0 aliphatic rings. The molecule has 0 unspecified atom stereocenters. The molecule has 1 rings (SSSR count). The Morgan fingerprint density at radius 2 is 1.52 bits per heavy atom. The minimum atomic E-state index is -4.31. The van der Waals surface area contributed by atoms with E-state index in [1.54, 1.807) is 0 Å². The van der Waals surface area contributed by atoms with E-state index in [1.165, 1.54) is 63.1 Å². The zero-order chi connectivity index (χ0) is 18.5. The summed E-state index contributed by atoms with van der Waals surface area (Å²) in [5.74, 6) is -0.568. The third kappa shape index (κ3) is 9.60. The van der Waals surface area contributed by atoms with Gasteiger partial charge >= 0.3 is 5.97 Å². The van der Waals surface area contributed by atoms with E-state index in [-0.39, 0.29) is 10.5 Å². The van der Waals surface area contributed by atoms with E-state index in [0.717, 1.165) is 25.3 Å². The van der Waals surface area contributed by atoms with Crippen LogP contribution in [-0.2, 0) is 14.9 Å². The molecule has 0 amide bonds. The van der Waals surface area contributed by atoms with Crippen LogP contribution in [0, 0.1) is 0 Å². The summed E-state index contributed by atoms with van der Waals surface area (Å²) in [6.07, 6.45) is 12.0. The first-order valence-corrected chi connectivity index (χ1v) is 10.6. The van der Waals surface area contributed by atoms with Gasteiger partial charge in [0.2, 0.25) is 0 Å². The van der Waals surface area contributed by atoms with Crippen molar-refractivity contribution in [2.45, 2.75) is 76.0 Å². The van der Waals surface area contributed by atoms with Crippen LogP contribution < -0.4 is 0 Å². The Balaban J connectivity index is 2.13. The molecule has 0 aliphatic carbocycles. The predicted molar refractivity (Wildman–Crippen MR) is 98.4 cm³/mol. The predicted octanol–water partition coefficient (Wildman–Crippen LogP) is 5.01. The standard InChI is InChI=1S/C19H30O5S/c1-2-3-4-5-6-7-8-9-10-11-15-24-19(20)17-13-12-14-18(16-17)25(21,22)23/h12-14,16H,2-11,15H2,1H3,(H,21,22,23). The summed E-state index contributed by atoms with van der Waals surface area (Å²) >= 11 is 0. The second-order valence-electron chi connectivity index (χ2n) is 6.32. The van der Waals surface area contributed by atoms with Gasteiger partial charge in [0.05, 0.1) is 17.1 Å². The lowest BCUT2D eigenvalue weighted by Crippen LogP contribution is -2.08. The summed E-state index contributed by atoms with van der Waals surface area (Å²) in [7, 11) is -4.31. The van der Waals surface area contributed by atoms with Crippen LogP contribution in [0.4, 0.5) is 0 Å². The Labute approximate surface area is 151 Å². The molecule has 0 heterocycles. The third-order valence-electron chi connectivity index (χ3n) is 4.10. The Hall–Kier alpha value is -1.40. The molecule has 0 aromatic heterocycles. The van der Waals surface area contributed by atoms with E-state index >= 15 is 0 Å². The highest BCUT2D eigenvalue weighted by Crippen LogP contribution is 2.13. The number of benzene rings is 1. The van der Waals surface area contributed by atoms with E-state index in [2.05, 4.69) is 6.92 Å². The molecule has 1 N–H and O–H groups in total. The van der Waals surface area contributed by atoms with Gasteiger partial charge in [-0.3, -0.25) is 4.55 Å². The number of hydrogen-bond acceptors (Lipinski definition) is 4. The fourth-order valence-electron chi connectivity index (χ4n) is 2.62. The van der Waals surface area contributed by atoms with Crippen LogP contribution in [0.15, 0.2) is 29.2 Å². The van der Waals surface area contributed by atoms with Gasteiger partial charge in [-0.05, 0) is 24.6 Å². The summed E-state index contributed by atoms with van der Waals surface area (Å²) < 4.78 is 36.3. The van der Waals surface area contributed by atoms with E-state index < -0.39 is 16.1 Å². The maximum atomic E-state index is 11.9. The molecule has 1 aromatic carbocycles. The van der Waals surface area contributed by atoms with Gasteiger partial charge in [0, 0.05) is 0 Å². The highest BCUT2D eigenvalue weighted by Gasteiger charge is 2.13. The van der Waals surface area contributed by atoms with Crippen LogP contribution in [0.3, 0.4) is 0 Å². The fourth-order valence-corrected chi connectivity index (χ4v) is 3.15. The van der Waals surface area contributed by atoms with Crippen LogP contribution in [0.5, 0.6) is 0 Å². The van der Waals surface area contributed by atoms with Gasteiger partial charge in [0.25, 0.3) is 10.1 Å². The number of carbonyl (C=O) groups is 1. The van der Waals surface area contributed by atoms with E-state index in [9.17, 15) is 13.2 Å². The second kappa shape index (κ2) is 12.0. The highest BCUT2D eigenvalue weighted by molar-refractivity contribution is 7.85. The first-order chi connectivity index (χ1) is 11.9. The van der Waals surface area contributed by atoms with Crippen LogP contribution in [0.2, 0.25) is 0 Å². The molecule has 0 radical (unpaired) electrons. The lowest BCUT2D eigenvalue weighted by atomic mass is 10.1. The molecule has 0 bridgehead atoms. The summed E-state index contributed by atoms with van der Waals surface area (Å²) in [4.78, 5) is 11.6. The number of ether oxygens (including phenoxy) is 1. The molecule has 1 aromatic rings. The number of esters is 1. The smallest absolute Gasteiger partial charge is 0.338 e. The molecule has 142 valence electrons. The van der Waals surface area contributed by atoms with Crippen molar-refractivity contribution in [3.8, 4) is 0 Å². The zero-order valence-electron chi connectivity index (χ0n) is 15.1. The molecular weight excluding hydrogens is 340 g/mol. The summed E-state index contributed by atoms with van der Waals surface area (Å²) in [5, 5.41) is 0. The molecule has 0 fully saturated rings. The normalized spacial score (nSPS) is 11.4. The maximum Gasteiger partial charge on any atom is 0.338 e. The molecule has 0 saturated carbocycles. The molecule has 25 heavy (non-hydrogen) atoms. The Morgan fingerprint density at radius 3 is 2.08 bits per heavy atom. The lowest BCUT2D eigenvalue weighted by molar-refractivity contribution is 0.0497. The van der Waals surface area contributed by atoms with E-state index in [0.29, 0.717) is 6.61 Å². The fraction of sp³-hybridized carbons (Fsp3) is 0.632. The summed E-state index contributed by atoms with van der Waals surface area (Å²) in [6, 6.07) is 5.22. The largest absolute Gasteiger partial charge is 0.462 e. The van der Waals surface area contributed by atoms with Gasteiger partial charge < -0.3 is 4.74 Å². The van der Waals surface area contributed by atoms with Crippen molar-refractivity contribution in [1.29, 1.82) is 0 Å². The Kier molecular flexibility index (Phi) is 10.4. The van der Waals surface area contributed by atoms with Crippen LogP contribution in [0.25, 0.3) is 0 Å². The van der Waals surface area contributed by atoms with Crippen molar-refractivity contribution < 1.29 is 22.5 Å². The van der Waals surface area contributed by atoms with E-state index in [4.69, 9.17) is 9.29 Å². The summed E-state index contributed by atoms with van der Waals surface area (Å²) in [5.41, 5.74) is 0.127. The van der Waals surface area contributed by atoms with Crippen molar-refractivity contribution in [1.82, 2.24) is 0 Å². The first-order valence-electron chi connectivity index (χ1n) is 9.20. The number of unbranched alkanes of at least 4 members (excludes halogenated alkanes) is 9. The Morgan fingerprint density at radius 1 is 0.960 bits per heavy atom. The molecular formula is C19H30O5S. The topological polar surface area (TPSA) is 80.7 Å². The highest BCUT2D eigenvalue weighted by atomic mass is 32.2. The number of carbonyl (C=O) groups excluding carboxylic acids is 1. The molecule has 0 atom stereocenters. The van der Waals surface area contributed by atoms with Crippen LogP contribution in [0.1, 0.15) is 81.5 Å². The number of rotatable bonds is 13. The van der Waals surface area contributed by atoms with Crippen molar-refractivity contribution >= 4 is 16.1 Å². The van der Waals surface area contributed by atoms with Crippen molar-refractivity contribution in [3.63, 3.8) is 0 Å². The lowest BCUT2D eigenvalue weighted by Gasteiger charge is -2.06. The minimum Gasteiger partial charge on any atom is -0.462 e. The van der Waals surface area contributed by atoms with Gasteiger partial charge in [-0.1, -0.05) is 70.8 Å². The maximum absolute atomic E-state index is 11.9. The average molecular weight is 371 g/mol. The quantitative estimate of drug-likeness (QED) is 0.300. The monoisotopic (exact) mass is 370 g/mol. The molecule has 0 aliphatic heterocycles. The van der Waals surface area contributed by atoms with Gasteiger partial charge in [-0.25, -0.2) is 4.79 Å². The van der Waals surface area contributed by atoms with Crippen molar-refractivity contribution in [3.05, 3.63) is 29.8 Å². The second-order valence-corrected chi connectivity index (χ2v) is 7.74. The van der Waals surface area contributed by atoms with Crippen LogP contribution >= 0.6 is 0 Å². The van der Waals surface area contributed by atoms with Gasteiger partial charge in [-0.15, -0.1) is 0 Å². The number of hydrogen-bond donors (Lipinski definition) is 1. The Bertz CT molecular complexity index is 610. The molecule has 0 spiro atoms. The zero-order valence-corrected chi connectivity index (χ0v) is 15.9. The van der Waals surface area contributed by atoms with Crippen molar-refractivity contribution in [2.24, 2.45) is 0 Å².